The van der Waals surface area contributed by atoms with Crippen molar-refractivity contribution >= 4 is 11.8 Å². The fourth-order valence-corrected chi connectivity index (χ4v) is 2.34. The first-order valence-electron chi connectivity index (χ1n) is 6.81. The third kappa shape index (κ3) is 2.40. The largest absolute Gasteiger partial charge is 0.485 e. The molecule has 0 bridgehead atoms. The molecule has 0 atom stereocenters. The maximum atomic E-state index is 11.1. The number of benzene rings is 1. The molecule has 0 N–H and O–H groups in total. The Labute approximate surface area is 123 Å². The number of nitrogens with zero attached hydrogens (tertiary/aromatic N) is 2. The minimum atomic E-state index is 0.323. The van der Waals surface area contributed by atoms with Gasteiger partial charge in [-0.15, -0.1) is 0 Å². The summed E-state index contributed by atoms with van der Waals surface area (Å²) in [5.74, 6) is 1.56. The predicted octanol–water partition coefficient (Wildman–Crippen LogP) is 3.34. The predicted molar refractivity (Wildman–Crippen MR) is 80.8 cm³/mol. The van der Waals surface area contributed by atoms with Gasteiger partial charge < -0.3 is 9.14 Å². The monoisotopic (exact) mass is 280 g/mol. The van der Waals surface area contributed by atoms with E-state index in [1.165, 1.54) is 5.56 Å². The second-order valence-corrected chi connectivity index (χ2v) is 4.97. The lowest BCUT2D eigenvalue weighted by molar-refractivity contribution is 0.112. The number of aromatic nitrogens is 2. The van der Waals surface area contributed by atoms with E-state index in [2.05, 4.69) is 18.0 Å². The van der Waals surface area contributed by atoms with E-state index in [1.54, 1.807) is 0 Å². The number of aldehydes is 1. The molecular formula is C17H16N2O2. The van der Waals surface area contributed by atoms with Crippen molar-refractivity contribution < 1.29 is 9.53 Å². The highest BCUT2D eigenvalue weighted by atomic mass is 16.5. The summed E-state index contributed by atoms with van der Waals surface area (Å²) in [6, 6.07) is 11.6. The molecular weight excluding hydrogens is 264 g/mol. The smallest absolute Gasteiger partial charge is 0.170 e. The quantitative estimate of drug-likeness (QED) is 0.688. The summed E-state index contributed by atoms with van der Waals surface area (Å²) in [6.07, 6.45) is 2.66. The minimum absolute atomic E-state index is 0.323. The lowest BCUT2D eigenvalue weighted by Gasteiger charge is -2.10. The summed E-state index contributed by atoms with van der Waals surface area (Å²) in [6.45, 7) is 4.41. The first-order chi connectivity index (χ1) is 10.2. The van der Waals surface area contributed by atoms with E-state index >= 15 is 0 Å². The van der Waals surface area contributed by atoms with Crippen LogP contribution in [0.4, 0.5) is 0 Å². The molecule has 4 heteroatoms. The third-order valence-electron chi connectivity index (χ3n) is 3.67. The van der Waals surface area contributed by atoms with Crippen LogP contribution in [0.5, 0.6) is 5.75 Å². The molecule has 21 heavy (non-hydrogen) atoms. The Hall–Kier alpha value is -2.62. The Morgan fingerprint density at radius 1 is 1.19 bits per heavy atom. The van der Waals surface area contributed by atoms with Crippen LogP contribution in [0.1, 0.15) is 27.4 Å². The molecule has 106 valence electrons. The molecule has 0 spiro atoms. The molecule has 3 rings (SSSR count). The van der Waals surface area contributed by atoms with Gasteiger partial charge in [0.05, 0.1) is 5.52 Å². The zero-order valence-electron chi connectivity index (χ0n) is 12.0. The Kier molecular flexibility index (Phi) is 3.44. The lowest BCUT2D eigenvalue weighted by atomic mass is 10.1. The zero-order chi connectivity index (χ0) is 14.8. The lowest BCUT2D eigenvalue weighted by Crippen LogP contribution is -2.02. The van der Waals surface area contributed by atoms with E-state index in [9.17, 15) is 4.79 Å². The van der Waals surface area contributed by atoms with Gasteiger partial charge in [0.1, 0.15) is 18.1 Å². The molecule has 0 aliphatic carbocycles. The van der Waals surface area contributed by atoms with Crippen molar-refractivity contribution in [2.75, 3.05) is 0 Å². The van der Waals surface area contributed by atoms with Crippen molar-refractivity contribution in [3.63, 3.8) is 0 Å². The molecule has 2 aromatic heterocycles. The van der Waals surface area contributed by atoms with Crippen molar-refractivity contribution in [2.45, 2.75) is 20.5 Å². The van der Waals surface area contributed by atoms with Gasteiger partial charge in [-0.2, -0.15) is 0 Å². The summed E-state index contributed by atoms with van der Waals surface area (Å²) in [7, 11) is 0. The van der Waals surface area contributed by atoms with Crippen LogP contribution in [0.2, 0.25) is 0 Å². The van der Waals surface area contributed by atoms with E-state index in [0.717, 1.165) is 23.1 Å². The van der Waals surface area contributed by atoms with Gasteiger partial charge in [0.2, 0.25) is 0 Å². The van der Waals surface area contributed by atoms with Gasteiger partial charge in [-0.05, 0) is 43.2 Å². The van der Waals surface area contributed by atoms with Crippen LogP contribution in [0.3, 0.4) is 0 Å². The molecule has 0 aliphatic heterocycles. The van der Waals surface area contributed by atoms with Crippen LogP contribution < -0.4 is 4.74 Å². The maximum Gasteiger partial charge on any atom is 0.170 e. The zero-order valence-corrected chi connectivity index (χ0v) is 12.0. The Bertz CT molecular complexity index is 806. The first kappa shape index (κ1) is 13.4. The number of ether oxygens (including phenoxy) is 1. The third-order valence-corrected chi connectivity index (χ3v) is 3.67. The summed E-state index contributed by atoms with van der Waals surface area (Å²) in [4.78, 5) is 15.4. The van der Waals surface area contributed by atoms with Gasteiger partial charge in [0.15, 0.2) is 12.1 Å². The highest BCUT2D eigenvalue weighted by molar-refractivity contribution is 5.83. The number of carbonyl (C=O) groups is 1. The van der Waals surface area contributed by atoms with E-state index < -0.39 is 0 Å². The van der Waals surface area contributed by atoms with Crippen LogP contribution in [-0.2, 0) is 6.61 Å². The van der Waals surface area contributed by atoms with E-state index in [-0.39, 0.29) is 0 Å². The molecule has 4 nitrogen and oxygen atoms in total. The molecule has 0 aliphatic rings. The number of hydrogen-bond donors (Lipinski definition) is 0. The number of rotatable bonds is 4. The van der Waals surface area contributed by atoms with Crippen molar-refractivity contribution in [3.05, 3.63) is 65.2 Å². The number of hydrogen-bond acceptors (Lipinski definition) is 3. The van der Waals surface area contributed by atoms with E-state index in [0.29, 0.717) is 18.1 Å². The summed E-state index contributed by atoms with van der Waals surface area (Å²) < 4.78 is 7.75. The first-order valence-corrected chi connectivity index (χ1v) is 6.81. The van der Waals surface area contributed by atoms with Crippen molar-refractivity contribution in [2.24, 2.45) is 0 Å². The van der Waals surface area contributed by atoms with Crippen molar-refractivity contribution in [1.82, 2.24) is 9.38 Å². The van der Waals surface area contributed by atoms with Crippen LogP contribution >= 0.6 is 0 Å². The molecule has 0 fully saturated rings. The number of carbonyl (C=O) groups excluding carboxylic acids is 1. The van der Waals surface area contributed by atoms with Gasteiger partial charge in [-0.1, -0.05) is 18.2 Å². The average Bonchev–Trinajstić information content (AvgIpc) is 2.87. The number of pyridine rings is 1. The minimum Gasteiger partial charge on any atom is -0.485 e. The average molecular weight is 280 g/mol. The van der Waals surface area contributed by atoms with Crippen LogP contribution in [0.15, 0.2) is 42.6 Å². The molecule has 3 aromatic rings. The van der Waals surface area contributed by atoms with E-state index in [1.807, 2.05) is 47.9 Å². The highest BCUT2D eigenvalue weighted by Gasteiger charge is 2.11. The Morgan fingerprint density at radius 3 is 2.86 bits per heavy atom. The molecule has 0 saturated heterocycles. The molecule has 1 aromatic carbocycles. The normalized spacial score (nSPS) is 10.8. The summed E-state index contributed by atoms with van der Waals surface area (Å²) in [5, 5.41) is 0. The highest BCUT2D eigenvalue weighted by Crippen LogP contribution is 2.22. The number of fused-ring (bicyclic) bond motifs is 1. The van der Waals surface area contributed by atoms with E-state index in [4.69, 9.17) is 4.74 Å². The second-order valence-electron chi connectivity index (χ2n) is 4.97. The van der Waals surface area contributed by atoms with Gasteiger partial charge in [0.25, 0.3) is 0 Å². The Balaban J connectivity index is 1.92. The van der Waals surface area contributed by atoms with Gasteiger partial charge in [-0.25, -0.2) is 4.98 Å². The molecule has 0 unspecified atom stereocenters. The Morgan fingerprint density at radius 2 is 2.05 bits per heavy atom. The van der Waals surface area contributed by atoms with Crippen LogP contribution in [-0.4, -0.2) is 15.7 Å². The van der Waals surface area contributed by atoms with Gasteiger partial charge >= 0.3 is 0 Å². The molecule has 0 amide bonds. The molecule has 0 saturated carbocycles. The van der Waals surface area contributed by atoms with Crippen molar-refractivity contribution in [3.8, 4) is 5.75 Å². The van der Waals surface area contributed by atoms with Crippen LogP contribution in [0.25, 0.3) is 5.52 Å². The number of imidazole rings is 1. The van der Waals surface area contributed by atoms with Crippen molar-refractivity contribution in [1.29, 1.82) is 0 Å². The van der Waals surface area contributed by atoms with Gasteiger partial charge in [0, 0.05) is 6.20 Å². The van der Waals surface area contributed by atoms with Crippen LogP contribution in [0, 0.1) is 13.8 Å². The summed E-state index contributed by atoms with van der Waals surface area (Å²) in [5.41, 5.74) is 3.55. The van der Waals surface area contributed by atoms with Gasteiger partial charge in [-0.3, -0.25) is 4.79 Å². The molecule has 0 radical (unpaired) electrons. The fraction of sp³-hybridized carbons (Fsp3) is 0.176. The second kappa shape index (κ2) is 5.40. The summed E-state index contributed by atoms with van der Waals surface area (Å²) >= 11 is 0. The maximum absolute atomic E-state index is 11.1. The standard InChI is InChI=1S/C17H16N2O2/c1-12-6-5-8-16(13(12)2)21-11-17-18-14(10-20)15-7-3-4-9-19(15)17/h3-10H,11H2,1-2H3. The number of aryl methyl sites for hydroxylation is 1. The SMILES string of the molecule is Cc1cccc(OCc2nc(C=O)c3ccccn23)c1C. The molecule has 2 heterocycles. The topological polar surface area (TPSA) is 43.6 Å². The fourth-order valence-electron chi connectivity index (χ4n) is 2.34.